The number of aliphatic hydroxyl groups excluding tert-OH is 1. The van der Waals surface area contributed by atoms with E-state index in [2.05, 4.69) is 24.1 Å². The van der Waals surface area contributed by atoms with Crippen LogP contribution in [0.3, 0.4) is 0 Å². The van der Waals surface area contributed by atoms with Crippen LogP contribution in [0.25, 0.3) is 0 Å². The quantitative estimate of drug-likeness (QED) is 0.817. The maximum Gasteiger partial charge on any atom is 0.123 e. The van der Waals surface area contributed by atoms with Crippen molar-refractivity contribution in [3.05, 3.63) is 51.7 Å². The topological polar surface area (TPSA) is 45.2 Å². The first-order valence-corrected chi connectivity index (χ1v) is 8.38. The lowest BCUT2D eigenvalue weighted by molar-refractivity contribution is 0.135. The summed E-state index contributed by atoms with van der Waals surface area (Å²) >= 11 is 1.71. The van der Waals surface area contributed by atoms with E-state index in [9.17, 15) is 9.50 Å². The summed E-state index contributed by atoms with van der Waals surface area (Å²) < 4.78 is 12.9. The molecule has 2 rings (SSSR count). The maximum atomic E-state index is 12.9. The lowest BCUT2D eigenvalue weighted by Crippen LogP contribution is -2.31. The van der Waals surface area contributed by atoms with E-state index >= 15 is 0 Å². The first-order chi connectivity index (χ1) is 10.5. The van der Waals surface area contributed by atoms with Gasteiger partial charge in [-0.1, -0.05) is 26.0 Å². The molecular weight excluding hydrogens is 299 g/mol. The van der Waals surface area contributed by atoms with Gasteiger partial charge in [0.05, 0.1) is 11.1 Å². The zero-order chi connectivity index (χ0) is 16.1. The molecule has 22 heavy (non-hydrogen) atoms. The predicted octanol–water partition coefficient (Wildman–Crippen LogP) is 3.69. The first-order valence-electron chi connectivity index (χ1n) is 7.56. The van der Waals surface area contributed by atoms with Crippen molar-refractivity contribution >= 4 is 11.3 Å². The fourth-order valence-corrected chi connectivity index (χ4v) is 3.28. The van der Waals surface area contributed by atoms with Crippen LogP contribution in [0.4, 0.5) is 4.39 Å². The third kappa shape index (κ3) is 4.87. The Morgan fingerprint density at radius 1 is 1.23 bits per heavy atom. The highest BCUT2D eigenvalue weighted by Crippen LogP contribution is 2.19. The Hall–Kier alpha value is -1.30. The molecule has 2 atom stereocenters. The summed E-state index contributed by atoms with van der Waals surface area (Å²) in [6.07, 6.45) is 2.23. The predicted molar refractivity (Wildman–Crippen MR) is 88.3 cm³/mol. The molecule has 3 nitrogen and oxygen atoms in total. The number of aliphatic hydroxyl groups is 1. The number of hydrogen-bond acceptors (Lipinski definition) is 4. The van der Waals surface area contributed by atoms with Gasteiger partial charge in [-0.3, -0.25) is 0 Å². The molecule has 2 N–H and O–H groups in total. The molecule has 120 valence electrons. The summed E-state index contributed by atoms with van der Waals surface area (Å²) in [4.78, 5) is 5.58. The van der Waals surface area contributed by atoms with E-state index in [0.717, 1.165) is 16.3 Å². The van der Waals surface area contributed by atoms with Gasteiger partial charge in [0, 0.05) is 30.1 Å². The fraction of sp³-hybridized carbons (Fsp3) is 0.471. The average molecular weight is 322 g/mol. The zero-order valence-electron chi connectivity index (χ0n) is 13.2. The largest absolute Gasteiger partial charge is 0.387 e. The van der Waals surface area contributed by atoms with Gasteiger partial charge in [0.1, 0.15) is 5.82 Å². The Labute approximate surface area is 135 Å². The third-order valence-corrected chi connectivity index (χ3v) is 4.49. The Bertz CT molecular complexity index is 583. The third-order valence-electron chi connectivity index (χ3n) is 3.47. The van der Waals surface area contributed by atoms with Crippen molar-refractivity contribution in [3.63, 3.8) is 0 Å². The van der Waals surface area contributed by atoms with Crippen molar-refractivity contribution in [2.45, 2.75) is 45.9 Å². The van der Waals surface area contributed by atoms with Gasteiger partial charge in [0.2, 0.25) is 0 Å². The molecule has 5 heteroatoms. The molecule has 2 aromatic rings. The minimum atomic E-state index is -0.663. The smallest absolute Gasteiger partial charge is 0.123 e. The SMILES string of the molecule is CC(C)Cc1ncc(CNC(C)C(O)c2ccc(F)cc2)s1. The van der Waals surface area contributed by atoms with Crippen molar-refractivity contribution in [2.24, 2.45) is 5.92 Å². The van der Waals surface area contributed by atoms with E-state index in [4.69, 9.17) is 0 Å². The summed E-state index contributed by atoms with van der Waals surface area (Å²) in [6.45, 7) is 6.96. The van der Waals surface area contributed by atoms with Gasteiger partial charge in [-0.25, -0.2) is 9.37 Å². The molecule has 0 aliphatic rings. The van der Waals surface area contributed by atoms with Crippen molar-refractivity contribution < 1.29 is 9.50 Å². The average Bonchev–Trinajstić information content (AvgIpc) is 2.91. The van der Waals surface area contributed by atoms with Gasteiger partial charge in [0.15, 0.2) is 0 Å². The van der Waals surface area contributed by atoms with Crippen LogP contribution < -0.4 is 5.32 Å². The Kier molecular flexibility index (Phi) is 6.06. The first kappa shape index (κ1) is 17.1. The van der Waals surface area contributed by atoms with Gasteiger partial charge in [0.25, 0.3) is 0 Å². The van der Waals surface area contributed by atoms with Gasteiger partial charge in [-0.05, 0) is 30.5 Å². The molecule has 0 amide bonds. The molecule has 1 aromatic carbocycles. The van der Waals surface area contributed by atoms with Crippen molar-refractivity contribution in [1.29, 1.82) is 0 Å². The zero-order valence-corrected chi connectivity index (χ0v) is 14.0. The van der Waals surface area contributed by atoms with Crippen LogP contribution in [-0.2, 0) is 13.0 Å². The number of thiazole rings is 1. The van der Waals surface area contributed by atoms with Crippen LogP contribution in [0.2, 0.25) is 0 Å². The molecule has 0 aliphatic carbocycles. The van der Waals surface area contributed by atoms with Crippen LogP contribution in [0.5, 0.6) is 0 Å². The molecule has 0 saturated carbocycles. The van der Waals surface area contributed by atoms with Crippen LogP contribution >= 0.6 is 11.3 Å². The molecule has 0 saturated heterocycles. The van der Waals surface area contributed by atoms with Gasteiger partial charge in [-0.15, -0.1) is 11.3 Å². The number of hydrogen-bond donors (Lipinski definition) is 2. The number of rotatable bonds is 7. The molecule has 0 spiro atoms. The molecule has 0 fully saturated rings. The molecular formula is C17H23FN2OS. The summed E-state index contributed by atoms with van der Waals surface area (Å²) in [5, 5.41) is 14.7. The van der Waals surface area contributed by atoms with E-state index in [1.165, 1.54) is 12.1 Å². The van der Waals surface area contributed by atoms with E-state index in [1.807, 2.05) is 13.1 Å². The molecule has 1 aromatic heterocycles. The summed E-state index contributed by atoms with van der Waals surface area (Å²) in [7, 11) is 0. The second kappa shape index (κ2) is 7.81. The van der Waals surface area contributed by atoms with E-state index in [-0.39, 0.29) is 11.9 Å². The van der Waals surface area contributed by atoms with Gasteiger partial charge < -0.3 is 10.4 Å². The number of nitrogens with zero attached hydrogens (tertiary/aromatic N) is 1. The highest BCUT2D eigenvalue weighted by Gasteiger charge is 2.16. The number of halogens is 1. The second-order valence-corrected chi connectivity index (χ2v) is 7.18. The van der Waals surface area contributed by atoms with Crippen LogP contribution in [0.1, 0.15) is 42.3 Å². The maximum absolute atomic E-state index is 12.9. The Morgan fingerprint density at radius 3 is 2.55 bits per heavy atom. The lowest BCUT2D eigenvalue weighted by Gasteiger charge is -2.20. The van der Waals surface area contributed by atoms with Crippen molar-refractivity contribution in [2.75, 3.05) is 0 Å². The number of aromatic nitrogens is 1. The van der Waals surface area contributed by atoms with Crippen LogP contribution in [0, 0.1) is 11.7 Å². The lowest BCUT2D eigenvalue weighted by atomic mass is 10.0. The van der Waals surface area contributed by atoms with Gasteiger partial charge in [-0.2, -0.15) is 0 Å². The van der Waals surface area contributed by atoms with Crippen LogP contribution in [0.15, 0.2) is 30.5 Å². The monoisotopic (exact) mass is 322 g/mol. The minimum absolute atomic E-state index is 0.124. The highest BCUT2D eigenvalue weighted by molar-refractivity contribution is 7.11. The Balaban J connectivity index is 1.87. The van der Waals surface area contributed by atoms with E-state index < -0.39 is 6.10 Å². The molecule has 1 heterocycles. The van der Waals surface area contributed by atoms with Crippen LogP contribution in [-0.4, -0.2) is 16.1 Å². The second-order valence-electron chi connectivity index (χ2n) is 5.98. The summed E-state index contributed by atoms with van der Waals surface area (Å²) in [5.41, 5.74) is 0.714. The number of nitrogens with one attached hydrogen (secondary N) is 1. The standard InChI is InChI=1S/C17H23FN2OS/c1-11(2)8-16-20-10-15(22-16)9-19-12(3)17(21)13-4-6-14(18)7-5-13/h4-7,10-12,17,19,21H,8-9H2,1-3H3. The molecule has 0 aliphatic heterocycles. The Morgan fingerprint density at radius 2 is 1.91 bits per heavy atom. The van der Waals surface area contributed by atoms with Crippen molar-refractivity contribution in [3.8, 4) is 0 Å². The normalized spacial score (nSPS) is 14.3. The molecule has 2 unspecified atom stereocenters. The van der Waals surface area contributed by atoms with Crippen molar-refractivity contribution in [1.82, 2.24) is 10.3 Å². The van der Waals surface area contributed by atoms with E-state index in [1.54, 1.807) is 23.5 Å². The summed E-state index contributed by atoms with van der Waals surface area (Å²) in [5.74, 6) is 0.310. The fourth-order valence-electron chi connectivity index (χ4n) is 2.20. The van der Waals surface area contributed by atoms with Gasteiger partial charge >= 0.3 is 0 Å². The van der Waals surface area contributed by atoms with E-state index in [0.29, 0.717) is 18.0 Å². The highest BCUT2D eigenvalue weighted by atomic mass is 32.1. The number of benzene rings is 1. The molecule has 0 radical (unpaired) electrons. The summed E-state index contributed by atoms with van der Waals surface area (Å²) in [6, 6.07) is 5.84. The minimum Gasteiger partial charge on any atom is -0.387 e. The molecule has 0 bridgehead atoms.